The Morgan fingerprint density at radius 1 is 1.47 bits per heavy atom. The average molecular weight is 285 g/mol. The highest BCUT2D eigenvalue weighted by Gasteiger charge is 2.18. The summed E-state index contributed by atoms with van der Waals surface area (Å²) in [5.41, 5.74) is 0.0426. The highest BCUT2D eigenvalue weighted by atomic mass is 35.5. The number of hydrogen-bond donors (Lipinski definition) is 2. The zero-order valence-electron chi connectivity index (χ0n) is 10.8. The Morgan fingerprint density at radius 3 is 2.79 bits per heavy atom. The zero-order valence-corrected chi connectivity index (χ0v) is 11.6. The van der Waals surface area contributed by atoms with Crippen LogP contribution in [-0.2, 0) is 4.74 Å². The smallest absolute Gasteiger partial charge is 0.412 e. The minimum absolute atomic E-state index is 0.0685. The summed E-state index contributed by atoms with van der Waals surface area (Å²) in [4.78, 5) is 14.4. The van der Waals surface area contributed by atoms with Crippen LogP contribution in [0.5, 0.6) is 0 Å². The topological polar surface area (TPSA) is 54.1 Å². The highest BCUT2D eigenvalue weighted by Crippen LogP contribution is 2.31. The first-order valence-electron chi connectivity index (χ1n) is 5.73. The first kappa shape index (κ1) is 13.7. The van der Waals surface area contributed by atoms with Gasteiger partial charge in [0.1, 0.15) is 5.60 Å². The van der Waals surface area contributed by atoms with Crippen LogP contribution in [0.4, 0.5) is 14.9 Å². The van der Waals surface area contributed by atoms with Crippen LogP contribution in [0, 0.1) is 5.82 Å². The molecular weight excluding hydrogens is 271 g/mol. The molecule has 19 heavy (non-hydrogen) atoms. The number of ether oxygens (including phenoxy) is 1. The minimum Gasteiger partial charge on any atom is -0.444 e. The van der Waals surface area contributed by atoms with Crippen molar-refractivity contribution in [3.63, 3.8) is 0 Å². The number of H-pyrrole nitrogens is 1. The number of benzene rings is 1. The Labute approximate surface area is 114 Å². The van der Waals surface area contributed by atoms with Gasteiger partial charge in [0.2, 0.25) is 0 Å². The molecule has 0 unspecified atom stereocenters. The second kappa shape index (κ2) is 4.74. The standard InChI is InChI=1S/C13H14ClFN2O2/c1-13(2,3)19-12(18)17-9-6-8(14)10(15)11-7(9)4-5-16-11/h4-6,16H,1-3H3,(H,17,18). The van der Waals surface area contributed by atoms with Crippen LogP contribution in [0.3, 0.4) is 0 Å². The molecule has 0 aliphatic carbocycles. The van der Waals surface area contributed by atoms with Gasteiger partial charge < -0.3 is 9.72 Å². The Balaban J connectivity index is 2.33. The van der Waals surface area contributed by atoms with E-state index in [0.29, 0.717) is 11.1 Å². The third-order valence-electron chi connectivity index (χ3n) is 2.37. The maximum absolute atomic E-state index is 13.7. The number of carbonyl (C=O) groups excluding carboxylic acids is 1. The van der Waals surface area contributed by atoms with Crippen molar-refractivity contribution >= 4 is 34.3 Å². The molecule has 102 valence electrons. The maximum atomic E-state index is 13.7. The van der Waals surface area contributed by atoms with Crippen LogP contribution >= 0.6 is 11.6 Å². The number of rotatable bonds is 1. The lowest BCUT2D eigenvalue weighted by Crippen LogP contribution is -2.27. The molecule has 1 aromatic carbocycles. The van der Waals surface area contributed by atoms with E-state index in [1.807, 2.05) is 0 Å². The van der Waals surface area contributed by atoms with Gasteiger partial charge >= 0.3 is 6.09 Å². The van der Waals surface area contributed by atoms with E-state index in [0.717, 1.165) is 0 Å². The minimum atomic E-state index is -0.613. The molecule has 0 fully saturated rings. The van der Waals surface area contributed by atoms with Gasteiger partial charge in [-0.05, 0) is 32.9 Å². The van der Waals surface area contributed by atoms with E-state index in [-0.39, 0.29) is 10.5 Å². The predicted molar refractivity (Wildman–Crippen MR) is 73.1 cm³/mol. The molecule has 1 aromatic heterocycles. The zero-order chi connectivity index (χ0) is 14.2. The van der Waals surface area contributed by atoms with E-state index in [1.54, 1.807) is 33.0 Å². The van der Waals surface area contributed by atoms with Gasteiger partial charge in [0.25, 0.3) is 0 Å². The van der Waals surface area contributed by atoms with E-state index in [9.17, 15) is 9.18 Å². The van der Waals surface area contributed by atoms with Crippen LogP contribution in [0.15, 0.2) is 18.3 Å². The molecule has 2 N–H and O–H groups in total. The summed E-state index contributed by atoms with van der Waals surface area (Å²) in [7, 11) is 0. The van der Waals surface area contributed by atoms with Crippen molar-refractivity contribution in [3.8, 4) is 0 Å². The summed E-state index contributed by atoms with van der Waals surface area (Å²) in [6.07, 6.45) is 0.960. The lowest BCUT2D eigenvalue weighted by Gasteiger charge is -2.20. The van der Waals surface area contributed by atoms with Gasteiger partial charge in [-0.15, -0.1) is 0 Å². The molecule has 0 atom stereocenters. The van der Waals surface area contributed by atoms with E-state index in [4.69, 9.17) is 16.3 Å². The number of amides is 1. The number of anilines is 1. The quantitative estimate of drug-likeness (QED) is 0.820. The molecule has 2 aromatic rings. The van der Waals surface area contributed by atoms with Crippen molar-refractivity contribution in [1.29, 1.82) is 0 Å². The van der Waals surface area contributed by atoms with Crippen molar-refractivity contribution in [2.75, 3.05) is 5.32 Å². The van der Waals surface area contributed by atoms with Crippen LogP contribution in [0.1, 0.15) is 20.8 Å². The molecule has 6 heteroatoms. The highest BCUT2D eigenvalue weighted by molar-refractivity contribution is 6.32. The largest absolute Gasteiger partial charge is 0.444 e. The average Bonchev–Trinajstić information content (AvgIpc) is 2.71. The van der Waals surface area contributed by atoms with Crippen molar-refractivity contribution in [1.82, 2.24) is 4.98 Å². The lowest BCUT2D eigenvalue weighted by atomic mass is 10.2. The van der Waals surface area contributed by atoms with Gasteiger partial charge in [-0.2, -0.15) is 0 Å². The fraction of sp³-hybridized carbons (Fsp3) is 0.308. The van der Waals surface area contributed by atoms with E-state index in [2.05, 4.69) is 10.3 Å². The lowest BCUT2D eigenvalue weighted by molar-refractivity contribution is 0.0636. The Hall–Kier alpha value is -1.75. The third-order valence-corrected chi connectivity index (χ3v) is 2.65. The molecule has 0 aliphatic heterocycles. The van der Waals surface area contributed by atoms with Crippen molar-refractivity contribution in [3.05, 3.63) is 29.2 Å². The monoisotopic (exact) mass is 284 g/mol. The fourth-order valence-electron chi connectivity index (χ4n) is 1.68. The van der Waals surface area contributed by atoms with Gasteiger partial charge in [-0.1, -0.05) is 11.6 Å². The van der Waals surface area contributed by atoms with E-state index < -0.39 is 17.5 Å². The van der Waals surface area contributed by atoms with E-state index in [1.165, 1.54) is 6.07 Å². The number of nitrogens with one attached hydrogen (secondary N) is 2. The molecule has 0 radical (unpaired) electrons. The Bertz CT molecular complexity index is 631. The molecule has 0 saturated heterocycles. The summed E-state index contributed by atoms with van der Waals surface area (Å²) < 4.78 is 18.9. The molecular formula is C13H14ClFN2O2. The summed E-state index contributed by atoms with van der Waals surface area (Å²) in [5, 5.41) is 3.03. The molecule has 2 rings (SSSR count). The second-order valence-electron chi connectivity index (χ2n) is 5.11. The first-order chi connectivity index (χ1) is 8.78. The Morgan fingerprint density at radius 2 is 2.16 bits per heavy atom. The molecule has 0 aliphatic rings. The third kappa shape index (κ3) is 2.98. The number of aromatic nitrogens is 1. The van der Waals surface area contributed by atoms with Crippen LogP contribution in [-0.4, -0.2) is 16.7 Å². The number of hydrogen-bond acceptors (Lipinski definition) is 2. The molecule has 4 nitrogen and oxygen atoms in total. The second-order valence-corrected chi connectivity index (χ2v) is 5.52. The molecule has 0 spiro atoms. The van der Waals surface area contributed by atoms with Gasteiger partial charge in [-0.3, -0.25) is 5.32 Å². The van der Waals surface area contributed by atoms with E-state index >= 15 is 0 Å². The van der Waals surface area contributed by atoms with Crippen LogP contribution < -0.4 is 5.32 Å². The van der Waals surface area contributed by atoms with Gasteiger partial charge in [0.15, 0.2) is 5.82 Å². The van der Waals surface area contributed by atoms with Crippen molar-refractivity contribution in [2.24, 2.45) is 0 Å². The van der Waals surface area contributed by atoms with Crippen LogP contribution in [0.2, 0.25) is 5.02 Å². The van der Waals surface area contributed by atoms with Crippen molar-refractivity contribution < 1.29 is 13.9 Å². The predicted octanol–water partition coefficient (Wildman–Crippen LogP) is 4.31. The van der Waals surface area contributed by atoms with Crippen molar-refractivity contribution in [2.45, 2.75) is 26.4 Å². The van der Waals surface area contributed by atoms with Crippen LogP contribution in [0.25, 0.3) is 10.9 Å². The number of fused-ring (bicyclic) bond motifs is 1. The fourth-order valence-corrected chi connectivity index (χ4v) is 1.88. The van der Waals surface area contributed by atoms with Gasteiger partial charge in [0, 0.05) is 11.6 Å². The Kier molecular flexibility index (Phi) is 3.41. The normalized spacial score (nSPS) is 11.6. The summed E-state index contributed by atoms with van der Waals surface area (Å²) in [5.74, 6) is -0.545. The molecule has 0 bridgehead atoms. The SMILES string of the molecule is CC(C)(C)OC(=O)Nc1cc(Cl)c(F)c2[nH]ccc12. The number of carbonyl (C=O) groups is 1. The summed E-state index contributed by atoms with van der Waals surface area (Å²) in [6, 6.07) is 3.01. The first-order valence-corrected chi connectivity index (χ1v) is 6.11. The number of aromatic amines is 1. The molecule has 1 amide bonds. The van der Waals surface area contributed by atoms with Gasteiger partial charge in [-0.25, -0.2) is 9.18 Å². The molecule has 1 heterocycles. The molecule has 0 saturated carbocycles. The number of halogens is 2. The summed E-state index contributed by atoms with van der Waals surface area (Å²) >= 11 is 5.78. The van der Waals surface area contributed by atoms with Gasteiger partial charge in [0.05, 0.1) is 16.2 Å². The maximum Gasteiger partial charge on any atom is 0.412 e. The summed E-state index contributed by atoms with van der Waals surface area (Å²) in [6.45, 7) is 5.28.